The Morgan fingerprint density at radius 2 is 1.70 bits per heavy atom. The third-order valence-corrected chi connectivity index (χ3v) is 4.40. The van der Waals surface area contributed by atoms with Gasteiger partial charge < -0.3 is 10.1 Å². The highest BCUT2D eigenvalue weighted by Gasteiger charge is 2.11. The Morgan fingerprint density at radius 1 is 0.933 bits per heavy atom. The number of benzene rings is 3. The van der Waals surface area contributed by atoms with E-state index in [0.717, 1.165) is 16.7 Å². The zero-order valence-corrected chi connectivity index (χ0v) is 16.7. The van der Waals surface area contributed by atoms with Crippen molar-refractivity contribution < 1.29 is 14.3 Å². The summed E-state index contributed by atoms with van der Waals surface area (Å²) in [6.07, 6.45) is 1.46. The Hall–Kier alpha value is -3.93. The van der Waals surface area contributed by atoms with Crippen molar-refractivity contribution in [1.82, 2.24) is 10.7 Å². The fourth-order valence-corrected chi connectivity index (χ4v) is 2.69. The molecule has 3 rings (SSSR count). The van der Waals surface area contributed by atoms with Crippen LogP contribution in [0.1, 0.15) is 22.3 Å². The van der Waals surface area contributed by atoms with Crippen molar-refractivity contribution >= 4 is 18.0 Å². The van der Waals surface area contributed by atoms with Gasteiger partial charge >= 0.3 is 11.8 Å². The van der Waals surface area contributed by atoms with Crippen LogP contribution in [-0.2, 0) is 22.7 Å². The van der Waals surface area contributed by atoms with Gasteiger partial charge in [0.05, 0.1) is 6.21 Å². The molecule has 0 saturated carbocycles. The van der Waals surface area contributed by atoms with Crippen molar-refractivity contribution in [1.29, 1.82) is 0 Å². The van der Waals surface area contributed by atoms with Gasteiger partial charge in [-0.2, -0.15) is 5.10 Å². The molecule has 0 atom stereocenters. The molecule has 2 amide bonds. The first-order chi connectivity index (χ1) is 14.6. The first-order valence-corrected chi connectivity index (χ1v) is 9.54. The van der Waals surface area contributed by atoms with E-state index in [1.807, 2.05) is 85.8 Å². The van der Waals surface area contributed by atoms with E-state index in [2.05, 4.69) is 15.8 Å². The number of rotatable bonds is 7. The van der Waals surface area contributed by atoms with E-state index in [9.17, 15) is 9.59 Å². The lowest BCUT2D eigenvalue weighted by Crippen LogP contribution is -2.37. The summed E-state index contributed by atoms with van der Waals surface area (Å²) in [5.41, 5.74) is 6.16. The molecule has 3 aromatic carbocycles. The fourth-order valence-electron chi connectivity index (χ4n) is 2.69. The predicted molar refractivity (Wildman–Crippen MR) is 116 cm³/mol. The smallest absolute Gasteiger partial charge is 0.329 e. The Kier molecular flexibility index (Phi) is 7.33. The topological polar surface area (TPSA) is 79.8 Å². The zero-order chi connectivity index (χ0) is 21.2. The van der Waals surface area contributed by atoms with Crippen LogP contribution in [0.5, 0.6) is 5.75 Å². The van der Waals surface area contributed by atoms with E-state index in [1.165, 1.54) is 11.8 Å². The molecular formula is C24H23N3O3. The van der Waals surface area contributed by atoms with Gasteiger partial charge in [0.2, 0.25) is 0 Å². The monoisotopic (exact) mass is 401 g/mol. The summed E-state index contributed by atoms with van der Waals surface area (Å²) in [5, 5.41) is 6.40. The van der Waals surface area contributed by atoms with Crippen molar-refractivity contribution in [3.05, 3.63) is 101 Å². The van der Waals surface area contributed by atoms with Crippen LogP contribution < -0.4 is 15.5 Å². The van der Waals surface area contributed by atoms with Gasteiger partial charge in [0.1, 0.15) is 12.4 Å². The summed E-state index contributed by atoms with van der Waals surface area (Å²) in [6, 6.07) is 24.7. The largest absolute Gasteiger partial charge is 0.489 e. The lowest BCUT2D eigenvalue weighted by Gasteiger charge is -2.09. The highest BCUT2D eigenvalue weighted by molar-refractivity contribution is 6.35. The Bertz CT molecular complexity index is 1030. The number of amides is 2. The predicted octanol–water partition coefficient (Wildman–Crippen LogP) is 3.34. The molecule has 2 N–H and O–H groups in total. The first kappa shape index (κ1) is 20.8. The summed E-state index contributed by atoms with van der Waals surface area (Å²) < 4.78 is 5.84. The average Bonchev–Trinajstić information content (AvgIpc) is 2.78. The summed E-state index contributed by atoms with van der Waals surface area (Å²) in [7, 11) is 0. The number of hydrogen-bond donors (Lipinski definition) is 2. The number of nitrogens with one attached hydrogen (secondary N) is 2. The number of hydrazone groups is 1. The van der Waals surface area contributed by atoms with Gasteiger partial charge in [0.15, 0.2) is 0 Å². The minimum absolute atomic E-state index is 0.275. The quantitative estimate of drug-likeness (QED) is 0.362. The van der Waals surface area contributed by atoms with Crippen molar-refractivity contribution in [2.45, 2.75) is 20.1 Å². The highest BCUT2D eigenvalue weighted by Crippen LogP contribution is 2.15. The molecule has 0 spiro atoms. The van der Waals surface area contributed by atoms with Crippen molar-refractivity contribution in [2.24, 2.45) is 5.10 Å². The lowest BCUT2D eigenvalue weighted by atomic mass is 10.1. The van der Waals surface area contributed by atoms with Gasteiger partial charge in [-0.1, -0.05) is 66.7 Å². The third kappa shape index (κ3) is 6.31. The molecule has 6 nitrogen and oxygen atoms in total. The standard InChI is InChI=1S/C24H23N3O3/c1-18-8-5-6-12-21(18)17-30-22-13-7-11-20(14-22)16-26-27-24(29)23(28)25-15-19-9-3-2-4-10-19/h2-14,16H,15,17H2,1H3,(H,25,28)(H,27,29)/b26-16+. The molecule has 3 aromatic rings. The van der Waals surface area contributed by atoms with Crippen LogP contribution >= 0.6 is 0 Å². The Balaban J connectivity index is 1.48. The van der Waals surface area contributed by atoms with Crippen LogP contribution in [0, 0.1) is 6.92 Å². The minimum Gasteiger partial charge on any atom is -0.489 e. The van der Waals surface area contributed by atoms with Crippen LogP contribution in [0.15, 0.2) is 84.0 Å². The van der Waals surface area contributed by atoms with E-state index in [4.69, 9.17) is 4.74 Å². The van der Waals surface area contributed by atoms with Crippen LogP contribution in [0.25, 0.3) is 0 Å². The summed E-state index contributed by atoms with van der Waals surface area (Å²) >= 11 is 0. The second-order valence-electron chi connectivity index (χ2n) is 6.66. The normalized spacial score (nSPS) is 10.6. The second kappa shape index (κ2) is 10.6. The molecule has 0 radical (unpaired) electrons. The molecule has 152 valence electrons. The van der Waals surface area contributed by atoms with Crippen LogP contribution in [0.2, 0.25) is 0 Å². The van der Waals surface area contributed by atoms with Crippen LogP contribution in [-0.4, -0.2) is 18.0 Å². The van der Waals surface area contributed by atoms with Gasteiger partial charge in [-0.05, 0) is 41.3 Å². The highest BCUT2D eigenvalue weighted by atomic mass is 16.5. The molecule has 0 aliphatic rings. The molecule has 0 heterocycles. The van der Waals surface area contributed by atoms with Crippen LogP contribution in [0.4, 0.5) is 0 Å². The number of carbonyl (C=O) groups excluding carboxylic acids is 2. The summed E-state index contributed by atoms with van der Waals surface area (Å²) in [5.74, 6) is -0.880. The van der Waals surface area contributed by atoms with E-state index in [0.29, 0.717) is 12.4 Å². The maximum atomic E-state index is 11.9. The number of ether oxygens (including phenoxy) is 1. The number of hydrogen-bond acceptors (Lipinski definition) is 4. The zero-order valence-electron chi connectivity index (χ0n) is 16.7. The van der Waals surface area contributed by atoms with Gasteiger partial charge in [-0.15, -0.1) is 0 Å². The first-order valence-electron chi connectivity index (χ1n) is 9.54. The van der Waals surface area contributed by atoms with Gasteiger partial charge in [-0.3, -0.25) is 9.59 Å². The molecule has 0 unspecified atom stereocenters. The minimum atomic E-state index is -0.825. The number of aryl methyl sites for hydroxylation is 1. The lowest BCUT2D eigenvalue weighted by molar-refractivity contribution is -0.139. The van der Waals surface area contributed by atoms with Crippen molar-refractivity contribution in [3.63, 3.8) is 0 Å². The van der Waals surface area contributed by atoms with Crippen LogP contribution in [0.3, 0.4) is 0 Å². The maximum absolute atomic E-state index is 11.9. The maximum Gasteiger partial charge on any atom is 0.329 e. The molecular weight excluding hydrogens is 378 g/mol. The number of nitrogens with zero attached hydrogens (tertiary/aromatic N) is 1. The Morgan fingerprint density at radius 3 is 2.50 bits per heavy atom. The molecule has 0 fully saturated rings. The van der Waals surface area contributed by atoms with E-state index in [-0.39, 0.29) is 6.54 Å². The summed E-state index contributed by atoms with van der Waals surface area (Å²) in [6.45, 7) is 2.78. The van der Waals surface area contributed by atoms with Gasteiger partial charge in [-0.25, -0.2) is 5.43 Å². The van der Waals surface area contributed by atoms with Crippen molar-refractivity contribution in [2.75, 3.05) is 0 Å². The second-order valence-corrected chi connectivity index (χ2v) is 6.66. The Labute approximate surface area is 175 Å². The SMILES string of the molecule is Cc1ccccc1COc1cccc(/C=N/NC(=O)C(=O)NCc2ccccc2)c1. The van der Waals surface area contributed by atoms with E-state index >= 15 is 0 Å². The molecule has 0 aliphatic carbocycles. The molecule has 0 saturated heterocycles. The van der Waals surface area contributed by atoms with E-state index < -0.39 is 11.8 Å². The van der Waals surface area contributed by atoms with Gasteiger partial charge in [0.25, 0.3) is 0 Å². The molecule has 0 bridgehead atoms. The van der Waals surface area contributed by atoms with Gasteiger partial charge in [0, 0.05) is 6.54 Å². The summed E-state index contributed by atoms with van der Waals surface area (Å²) in [4.78, 5) is 23.7. The van der Waals surface area contributed by atoms with Crippen molar-refractivity contribution in [3.8, 4) is 5.75 Å². The average molecular weight is 401 g/mol. The number of carbonyl (C=O) groups is 2. The molecule has 0 aromatic heterocycles. The van der Waals surface area contributed by atoms with E-state index in [1.54, 1.807) is 0 Å². The molecule has 0 aliphatic heterocycles. The third-order valence-electron chi connectivity index (χ3n) is 4.40. The molecule has 6 heteroatoms. The molecule has 30 heavy (non-hydrogen) atoms. The fraction of sp³-hybridized carbons (Fsp3) is 0.125.